The van der Waals surface area contributed by atoms with Crippen LogP contribution in [0.25, 0.3) is 0 Å². The van der Waals surface area contributed by atoms with Gasteiger partial charge >= 0.3 is 12.0 Å². The topological polar surface area (TPSA) is 117 Å². The SMILES string of the molecule is CN1CCN=C1c1ccc(NC(=O)C(CC(=O)OCc2ccccc2)N(C(N)=O)c2ccc(Cl)cc2)cc1. The summed E-state index contributed by atoms with van der Waals surface area (Å²) in [6.07, 6.45) is -0.413. The van der Waals surface area contributed by atoms with E-state index in [0.717, 1.165) is 35.0 Å². The molecule has 196 valence electrons. The number of likely N-dealkylation sites (N-methyl/N-ethyl adjacent to an activating group) is 1. The van der Waals surface area contributed by atoms with E-state index in [0.29, 0.717) is 16.4 Å². The van der Waals surface area contributed by atoms with Gasteiger partial charge in [-0.2, -0.15) is 0 Å². The lowest BCUT2D eigenvalue weighted by atomic mass is 10.1. The maximum absolute atomic E-state index is 13.5. The number of esters is 1. The Hall–Kier alpha value is -4.37. The van der Waals surface area contributed by atoms with Crippen molar-refractivity contribution >= 4 is 46.7 Å². The number of hydrogen-bond acceptors (Lipinski definition) is 6. The second-order valence-electron chi connectivity index (χ2n) is 8.74. The van der Waals surface area contributed by atoms with E-state index in [9.17, 15) is 14.4 Å². The van der Waals surface area contributed by atoms with Crippen molar-refractivity contribution in [2.75, 3.05) is 30.4 Å². The molecule has 1 unspecified atom stereocenters. The van der Waals surface area contributed by atoms with Crippen LogP contribution in [0.1, 0.15) is 17.5 Å². The third-order valence-electron chi connectivity index (χ3n) is 6.03. The van der Waals surface area contributed by atoms with Crippen LogP contribution in [0.3, 0.4) is 0 Å². The number of urea groups is 1. The minimum atomic E-state index is -1.28. The van der Waals surface area contributed by atoms with Gasteiger partial charge in [0.25, 0.3) is 0 Å². The lowest BCUT2D eigenvalue weighted by molar-refractivity contribution is -0.146. The minimum absolute atomic E-state index is 0.0331. The number of amides is 3. The Bertz CT molecular complexity index is 1310. The Labute approximate surface area is 225 Å². The predicted molar refractivity (Wildman–Crippen MR) is 147 cm³/mol. The molecule has 38 heavy (non-hydrogen) atoms. The van der Waals surface area contributed by atoms with Crippen LogP contribution in [0.4, 0.5) is 16.2 Å². The Balaban J connectivity index is 1.54. The summed E-state index contributed by atoms with van der Waals surface area (Å²) in [6.45, 7) is 1.62. The molecule has 0 saturated carbocycles. The first-order valence-electron chi connectivity index (χ1n) is 12.0. The van der Waals surface area contributed by atoms with Crippen molar-refractivity contribution in [1.29, 1.82) is 0 Å². The van der Waals surface area contributed by atoms with Crippen molar-refractivity contribution in [3.8, 4) is 0 Å². The predicted octanol–water partition coefficient (Wildman–Crippen LogP) is 4.06. The fraction of sp³-hybridized carbons (Fsp3) is 0.214. The van der Waals surface area contributed by atoms with Crippen molar-refractivity contribution in [2.45, 2.75) is 19.1 Å². The second kappa shape index (κ2) is 12.2. The van der Waals surface area contributed by atoms with Crippen LogP contribution < -0.4 is 16.0 Å². The van der Waals surface area contributed by atoms with Crippen LogP contribution in [0.15, 0.2) is 83.9 Å². The van der Waals surface area contributed by atoms with E-state index in [2.05, 4.69) is 15.2 Å². The number of nitrogens with zero attached hydrogens (tertiary/aromatic N) is 3. The van der Waals surface area contributed by atoms with Crippen molar-refractivity contribution in [1.82, 2.24) is 4.90 Å². The van der Waals surface area contributed by atoms with Crippen molar-refractivity contribution in [3.05, 3.63) is 95.0 Å². The van der Waals surface area contributed by atoms with E-state index in [-0.39, 0.29) is 6.61 Å². The van der Waals surface area contributed by atoms with E-state index in [1.807, 2.05) is 49.5 Å². The number of anilines is 2. The Kier molecular flexibility index (Phi) is 8.60. The van der Waals surface area contributed by atoms with Gasteiger partial charge in [0, 0.05) is 35.6 Å². The molecule has 0 spiro atoms. The van der Waals surface area contributed by atoms with Crippen LogP contribution in [0, 0.1) is 0 Å². The van der Waals surface area contributed by atoms with Crippen molar-refractivity contribution in [3.63, 3.8) is 0 Å². The van der Waals surface area contributed by atoms with Crippen LogP contribution in [0.2, 0.25) is 5.02 Å². The van der Waals surface area contributed by atoms with Gasteiger partial charge in [-0.05, 0) is 54.1 Å². The summed E-state index contributed by atoms with van der Waals surface area (Å²) >= 11 is 6.00. The Morgan fingerprint density at radius 3 is 2.34 bits per heavy atom. The highest BCUT2D eigenvalue weighted by atomic mass is 35.5. The lowest BCUT2D eigenvalue weighted by Gasteiger charge is -2.29. The monoisotopic (exact) mass is 533 g/mol. The average molecular weight is 534 g/mol. The first kappa shape index (κ1) is 26.7. The molecule has 3 amide bonds. The second-order valence-corrected chi connectivity index (χ2v) is 9.18. The number of carbonyl (C=O) groups excluding carboxylic acids is 3. The van der Waals surface area contributed by atoms with Gasteiger partial charge in [0.2, 0.25) is 5.91 Å². The number of carbonyl (C=O) groups is 3. The third kappa shape index (κ3) is 6.68. The van der Waals surface area contributed by atoms with E-state index >= 15 is 0 Å². The maximum Gasteiger partial charge on any atom is 0.320 e. The number of nitrogens with one attached hydrogen (secondary N) is 1. The molecule has 0 bridgehead atoms. The van der Waals surface area contributed by atoms with Gasteiger partial charge in [-0.25, -0.2) is 4.79 Å². The Morgan fingerprint density at radius 2 is 1.74 bits per heavy atom. The molecule has 0 saturated heterocycles. The van der Waals surface area contributed by atoms with Crippen molar-refractivity contribution < 1.29 is 19.1 Å². The first-order valence-corrected chi connectivity index (χ1v) is 12.4. The average Bonchev–Trinajstić information content (AvgIpc) is 3.34. The van der Waals surface area contributed by atoms with Gasteiger partial charge in [-0.3, -0.25) is 19.5 Å². The normalized spacial score (nSPS) is 13.4. The highest BCUT2D eigenvalue weighted by Crippen LogP contribution is 2.23. The number of hydrogen-bond donors (Lipinski definition) is 2. The summed E-state index contributed by atoms with van der Waals surface area (Å²) < 4.78 is 5.39. The van der Waals surface area contributed by atoms with Gasteiger partial charge in [-0.15, -0.1) is 0 Å². The molecule has 0 fully saturated rings. The number of primary amides is 1. The van der Waals surface area contributed by atoms with Gasteiger partial charge in [0.1, 0.15) is 18.5 Å². The molecule has 4 rings (SSSR count). The zero-order chi connectivity index (χ0) is 27.1. The molecule has 3 N–H and O–H groups in total. The number of ether oxygens (including phenoxy) is 1. The molecule has 1 atom stereocenters. The summed E-state index contributed by atoms with van der Waals surface area (Å²) in [5.41, 5.74) is 8.21. The highest BCUT2D eigenvalue weighted by Gasteiger charge is 2.33. The summed E-state index contributed by atoms with van der Waals surface area (Å²) in [4.78, 5) is 46.4. The fourth-order valence-electron chi connectivity index (χ4n) is 4.09. The largest absolute Gasteiger partial charge is 0.461 e. The summed E-state index contributed by atoms with van der Waals surface area (Å²) in [5, 5.41) is 3.23. The molecular formula is C28H28ClN5O4. The van der Waals surface area contributed by atoms with Crippen LogP contribution in [-0.4, -0.2) is 54.8 Å². The van der Waals surface area contributed by atoms with Gasteiger partial charge < -0.3 is 20.7 Å². The number of benzene rings is 3. The van der Waals surface area contributed by atoms with Gasteiger partial charge in [0.15, 0.2) is 0 Å². The molecule has 9 nitrogen and oxygen atoms in total. The van der Waals surface area contributed by atoms with E-state index < -0.39 is 30.4 Å². The summed E-state index contributed by atoms with van der Waals surface area (Å²) in [6, 6.07) is 20.4. The smallest absolute Gasteiger partial charge is 0.320 e. The molecule has 3 aromatic carbocycles. The summed E-state index contributed by atoms with van der Waals surface area (Å²) in [5.74, 6) is -0.380. The first-order chi connectivity index (χ1) is 18.3. The standard InChI is InChI=1S/C28H28ClN5O4/c1-33-16-15-31-26(33)20-7-11-22(12-8-20)32-27(36)24(17-25(35)38-18-19-5-3-2-4-6-19)34(28(30)37)23-13-9-21(29)10-14-23/h2-14,24H,15-18H2,1H3,(H2,30,37)(H,32,36). The summed E-state index contributed by atoms with van der Waals surface area (Å²) in [7, 11) is 1.97. The third-order valence-corrected chi connectivity index (χ3v) is 6.28. The molecule has 0 aliphatic carbocycles. The van der Waals surface area contributed by atoms with Crippen LogP contribution >= 0.6 is 11.6 Å². The van der Waals surface area contributed by atoms with Crippen LogP contribution in [0.5, 0.6) is 0 Å². The highest BCUT2D eigenvalue weighted by molar-refractivity contribution is 6.30. The van der Waals surface area contributed by atoms with Gasteiger partial charge in [-0.1, -0.05) is 41.9 Å². The molecule has 1 heterocycles. The molecule has 3 aromatic rings. The molecule has 0 radical (unpaired) electrons. The number of aliphatic imine (C=N–C) groups is 1. The van der Waals surface area contributed by atoms with Crippen molar-refractivity contribution in [2.24, 2.45) is 10.7 Å². The van der Waals surface area contributed by atoms with E-state index in [4.69, 9.17) is 22.1 Å². The number of nitrogens with two attached hydrogens (primary N) is 1. The Morgan fingerprint density at radius 1 is 1.05 bits per heavy atom. The lowest BCUT2D eigenvalue weighted by Crippen LogP contribution is -2.51. The molecule has 1 aliphatic heterocycles. The van der Waals surface area contributed by atoms with E-state index in [1.54, 1.807) is 36.4 Å². The minimum Gasteiger partial charge on any atom is -0.461 e. The maximum atomic E-state index is 13.5. The number of rotatable bonds is 9. The zero-order valence-corrected chi connectivity index (χ0v) is 21.6. The molecular weight excluding hydrogens is 506 g/mol. The van der Waals surface area contributed by atoms with Gasteiger partial charge in [0.05, 0.1) is 13.0 Å². The zero-order valence-electron chi connectivity index (χ0n) is 20.8. The number of amidine groups is 1. The molecule has 0 aromatic heterocycles. The van der Waals surface area contributed by atoms with E-state index in [1.165, 1.54) is 0 Å². The number of halogens is 1. The quantitative estimate of drug-likeness (QED) is 0.402. The fourth-order valence-corrected chi connectivity index (χ4v) is 4.22. The molecule has 1 aliphatic rings. The molecule has 10 heteroatoms. The van der Waals surface area contributed by atoms with Crippen LogP contribution in [-0.2, 0) is 20.9 Å².